The minimum absolute atomic E-state index is 0.178. The minimum Gasteiger partial charge on any atom is -0.448 e. The molecular weight excluding hydrogens is 378 g/mol. The van der Waals surface area contributed by atoms with Crippen LogP contribution in [0.5, 0.6) is 0 Å². The van der Waals surface area contributed by atoms with E-state index in [1.165, 1.54) is 17.9 Å². The molecule has 0 spiro atoms. The number of carbonyl (C=O) groups is 2. The van der Waals surface area contributed by atoms with Gasteiger partial charge >= 0.3 is 5.97 Å². The Morgan fingerprint density at radius 3 is 2.20 bits per heavy atom. The van der Waals surface area contributed by atoms with E-state index < -0.39 is 23.5 Å². The summed E-state index contributed by atoms with van der Waals surface area (Å²) in [5.74, 6) is -0.909. The maximum Gasteiger partial charge on any atom is 0.349 e. The zero-order valence-electron chi connectivity index (χ0n) is 18.1. The molecule has 0 aromatic heterocycles. The van der Waals surface area contributed by atoms with E-state index in [9.17, 15) is 20.1 Å². The fraction of sp³-hybridized carbons (Fsp3) is 0.500. The number of hydrogen-bond acceptors (Lipinski definition) is 5. The Kier molecular flexibility index (Phi) is 7.78. The zero-order chi connectivity index (χ0) is 22.3. The largest absolute Gasteiger partial charge is 0.448 e. The van der Waals surface area contributed by atoms with Gasteiger partial charge in [-0.2, -0.15) is 10.5 Å². The molecule has 0 radical (unpaired) electrons. The molecule has 1 aliphatic carbocycles. The molecule has 6 heteroatoms. The van der Waals surface area contributed by atoms with Gasteiger partial charge in [-0.05, 0) is 42.9 Å². The number of carbonyl (C=O) groups excluding carboxylic acids is 2. The Hall–Kier alpha value is -3.12. The van der Waals surface area contributed by atoms with Gasteiger partial charge in [-0.15, -0.1) is 0 Å². The van der Waals surface area contributed by atoms with E-state index in [0.29, 0.717) is 24.3 Å². The molecule has 1 aromatic carbocycles. The maximum atomic E-state index is 12.8. The van der Waals surface area contributed by atoms with Crippen molar-refractivity contribution in [2.45, 2.75) is 70.4 Å². The lowest BCUT2D eigenvalue weighted by molar-refractivity contribution is -0.157. The second kappa shape index (κ2) is 10.1. The molecule has 0 N–H and O–H groups in total. The van der Waals surface area contributed by atoms with Crippen molar-refractivity contribution in [3.8, 4) is 12.1 Å². The van der Waals surface area contributed by atoms with Gasteiger partial charge in [0.1, 0.15) is 17.2 Å². The van der Waals surface area contributed by atoms with E-state index in [0.717, 1.165) is 24.8 Å². The first-order chi connectivity index (χ1) is 14.2. The maximum absolute atomic E-state index is 12.8. The van der Waals surface area contributed by atoms with E-state index in [4.69, 9.17) is 4.74 Å². The summed E-state index contributed by atoms with van der Waals surface area (Å²) >= 11 is 0. The highest BCUT2D eigenvalue weighted by Gasteiger charge is 2.40. The van der Waals surface area contributed by atoms with Crippen LogP contribution in [0.15, 0.2) is 29.8 Å². The highest BCUT2D eigenvalue weighted by atomic mass is 16.5. The lowest BCUT2D eigenvalue weighted by atomic mass is 9.81. The van der Waals surface area contributed by atoms with E-state index in [-0.39, 0.29) is 5.57 Å². The van der Waals surface area contributed by atoms with Crippen molar-refractivity contribution in [2.24, 2.45) is 0 Å². The monoisotopic (exact) mass is 407 g/mol. The van der Waals surface area contributed by atoms with Gasteiger partial charge < -0.3 is 9.64 Å². The van der Waals surface area contributed by atoms with Crippen LogP contribution in [0.3, 0.4) is 0 Å². The summed E-state index contributed by atoms with van der Waals surface area (Å²) in [6.45, 7) is 5.64. The summed E-state index contributed by atoms with van der Waals surface area (Å²) in [4.78, 5) is 26.7. The van der Waals surface area contributed by atoms with Crippen molar-refractivity contribution in [3.63, 3.8) is 0 Å². The second-order valence-corrected chi connectivity index (χ2v) is 8.14. The van der Waals surface area contributed by atoms with Crippen molar-refractivity contribution in [1.82, 2.24) is 4.90 Å². The molecular formula is C24H29N3O3. The molecule has 1 fully saturated rings. The SMILES string of the molecule is CC(C)c1ccc(/C=C(\C#N)C(=O)O[C@H](C)C(=O)N(C)C2(C#N)CCCCC2)cc1. The molecule has 1 aliphatic rings. The molecule has 158 valence electrons. The van der Waals surface area contributed by atoms with Gasteiger partial charge in [0.05, 0.1) is 6.07 Å². The number of ether oxygens (including phenoxy) is 1. The first-order valence-electron chi connectivity index (χ1n) is 10.4. The fourth-order valence-electron chi connectivity index (χ4n) is 3.70. The molecule has 0 saturated heterocycles. The Labute approximate surface area is 178 Å². The molecule has 0 bridgehead atoms. The van der Waals surface area contributed by atoms with Crippen LogP contribution in [0, 0.1) is 22.7 Å². The Balaban J connectivity index is 2.09. The van der Waals surface area contributed by atoms with E-state index in [1.807, 2.05) is 30.3 Å². The third-order valence-electron chi connectivity index (χ3n) is 5.75. The van der Waals surface area contributed by atoms with Crippen LogP contribution in [0.25, 0.3) is 6.08 Å². The fourth-order valence-corrected chi connectivity index (χ4v) is 3.70. The van der Waals surface area contributed by atoms with Gasteiger partial charge in [-0.1, -0.05) is 57.4 Å². The number of likely N-dealkylation sites (N-methyl/N-ethyl adjacent to an activating group) is 1. The summed E-state index contributed by atoms with van der Waals surface area (Å²) in [5, 5.41) is 19.1. The number of rotatable bonds is 6. The number of nitriles is 2. The van der Waals surface area contributed by atoms with Crippen LogP contribution >= 0.6 is 0 Å². The number of nitrogens with zero attached hydrogens (tertiary/aromatic N) is 3. The lowest BCUT2D eigenvalue weighted by Gasteiger charge is -2.39. The van der Waals surface area contributed by atoms with E-state index >= 15 is 0 Å². The van der Waals surface area contributed by atoms with Gasteiger partial charge in [0, 0.05) is 7.05 Å². The minimum atomic E-state index is -1.09. The molecule has 6 nitrogen and oxygen atoms in total. The van der Waals surface area contributed by atoms with Crippen molar-refractivity contribution >= 4 is 18.0 Å². The second-order valence-electron chi connectivity index (χ2n) is 8.14. The molecule has 1 saturated carbocycles. The van der Waals surface area contributed by atoms with Crippen LogP contribution in [-0.4, -0.2) is 35.5 Å². The third-order valence-corrected chi connectivity index (χ3v) is 5.75. The number of esters is 1. The molecule has 0 heterocycles. The van der Waals surface area contributed by atoms with Crippen LogP contribution in [-0.2, 0) is 14.3 Å². The number of amides is 1. The summed E-state index contributed by atoms with van der Waals surface area (Å²) in [7, 11) is 1.58. The summed E-state index contributed by atoms with van der Waals surface area (Å²) in [6.07, 6.45) is 4.40. The number of hydrogen-bond donors (Lipinski definition) is 0. The van der Waals surface area contributed by atoms with Gasteiger partial charge in [0.2, 0.25) is 0 Å². The molecule has 1 aromatic rings. The normalized spacial score (nSPS) is 16.8. The highest BCUT2D eigenvalue weighted by Crippen LogP contribution is 2.33. The van der Waals surface area contributed by atoms with Crippen LogP contribution in [0.2, 0.25) is 0 Å². The molecule has 0 aliphatic heterocycles. The zero-order valence-corrected chi connectivity index (χ0v) is 18.1. The van der Waals surface area contributed by atoms with Crippen LogP contribution in [0.4, 0.5) is 0 Å². The van der Waals surface area contributed by atoms with Crippen molar-refractivity contribution < 1.29 is 14.3 Å². The Morgan fingerprint density at radius 1 is 1.10 bits per heavy atom. The Morgan fingerprint density at radius 2 is 1.70 bits per heavy atom. The van der Waals surface area contributed by atoms with E-state index in [1.54, 1.807) is 7.05 Å². The van der Waals surface area contributed by atoms with E-state index in [2.05, 4.69) is 19.9 Å². The predicted octanol–water partition coefficient (Wildman–Crippen LogP) is 4.33. The smallest absolute Gasteiger partial charge is 0.349 e. The predicted molar refractivity (Wildman–Crippen MR) is 114 cm³/mol. The summed E-state index contributed by atoms with van der Waals surface area (Å²) < 4.78 is 5.27. The van der Waals surface area contributed by atoms with Crippen molar-refractivity contribution in [1.29, 1.82) is 10.5 Å². The quantitative estimate of drug-likeness (QED) is 0.397. The first-order valence-corrected chi connectivity index (χ1v) is 10.4. The summed E-state index contributed by atoms with van der Waals surface area (Å²) in [5.41, 5.74) is 0.823. The number of benzene rings is 1. The van der Waals surface area contributed by atoms with Gasteiger partial charge in [0.25, 0.3) is 5.91 Å². The van der Waals surface area contributed by atoms with Gasteiger partial charge in [-0.3, -0.25) is 4.79 Å². The first kappa shape index (κ1) is 23.2. The van der Waals surface area contributed by atoms with Crippen LogP contribution in [0.1, 0.15) is 69.9 Å². The van der Waals surface area contributed by atoms with Gasteiger partial charge in [-0.25, -0.2) is 4.79 Å². The summed E-state index contributed by atoms with van der Waals surface area (Å²) in [6, 6.07) is 11.7. The lowest BCUT2D eigenvalue weighted by Crippen LogP contribution is -2.53. The van der Waals surface area contributed by atoms with Crippen molar-refractivity contribution in [3.05, 3.63) is 41.0 Å². The average molecular weight is 408 g/mol. The molecule has 30 heavy (non-hydrogen) atoms. The van der Waals surface area contributed by atoms with Gasteiger partial charge in [0.15, 0.2) is 6.10 Å². The highest BCUT2D eigenvalue weighted by molar-refractivity contribution is 5.99. The molecule has 2 rings (SSSR count). The van der Waals surface area contributed by atoms with Crippen molar-refractivity contribution in [2.75, 3.05) is 7.05 Å². The molecule has 1 atom stereocenters. The molecule has 0 unspecified atom stereocenters. The average Bonchev–Trinajstić information content (AvgIpc) is 2.76. The third kappa shape index (κ3) is 5.27. The standard InChI is InChI=1S/C24H29N3O3/c1-17(2)20-10-8-19(9-11-20)14-21(15-25)23(29)30-18(3)22(28)27(4)24(16-26)12-6-5-7-13-24/h8-11,14,17-18H,5-7,12-13H2,1-4H3/b21-14+/t18-/m1/s1. The molecule has 1 amide bonds. The topological polar surface area (TPSA) is 94.2 Å². The Bertz CT molecular complexity index is 882. The van der Waals surface area contributed by atoms with Crippen LogP contribution < -0.4 is 0 Å².